The van der Waals surface area contributed by atoms with Crippen molar-refractivity contribution in [1.82, 2.24) is 4.98 Å². The van der Waals surface area contributed by atoms with Gasteiger partial charge in [0.2, 0.25) is 0 Å². The van der Waals surface area contributed by atoms with Crippen molar-refractivity contribution in [2.75, 3.05) is 0 Å². The van der Waals surface area contributed by atoms with Crippen LogP contribution in [-0.4, -0.2) is 10.8 Å². The third kappa shape index (κ3) is 3.82. The molecule has 0 saturated carbocycles. The van der Waals surface area contributed by atoms with E-state index in [-0.39, 0.29) is 11.2 Å². The van der Waals surface area contributed by atoms with Crippen LogP contribution in [0.3, 0.4) is 0 Å². The summed E-state index contributed by atoms with van der Waals surface area (Å²) in [6.45, 7) is 5.77. The predicted octanol–water partition coefficient (Wildman–Crippen LogP) is 5.74. The summed E-state index contributed by atoms with van der Waals surface area (Å²) in [6.07, 6.45) is 4.31. The van der Waals surface area contributed by atoms with Gasteiger partial charge in [-0.2, -0.15) is 0 Å². The smallest absolute Gasteiger partial charge is 0.199 e. The Morgan fingerprint density at radius 1 is 1.03 bits per heavy atom. The second-order valence-corrected chi connectivity index (χ2v) is 8.02. The van der Waals surface area contributed by atoms with Crippen molar-refractivity contribution < 1.29 is 9.21 Å². The largest absolute Gasteiger partial charge is 0.463 e. The molecule has 144 valence electrons. The van der Waals surface area contributed by atoms with Gasteiger partial charge in [0, 0.05) is 5.56 Å². The molecular weight excluding hydrogens is 382 g/mol. The summed E-state index contributed by atoms with van der Waals surface area (Å²) in [5, 5.41) is 1.31. The van der Waals surface area contributed by atoms with E-state index in [0.29, 0.717) is 27.1 Å². The van der Waals surface area contributed by atoms with Crippen LogP contribution in [0.2, 0.25) is 0 Å². The molecule has 0 fully saturated rings. The SMILES string of the molecule is Cc1ccc(-c2nc(C)c(C(=O)/C=C/c3coc4ccc(C)cc4c3=O)s2)cc1. The number of fused-ring (bicyclic) bond motifs is 1. The first kappa shape index (κ1) is 19.0. The van der Waals surface area contributed by atoms with Crippen molar-refractivity contribution in [3.63, 3.8) is 0 Å². The summed E-state index contributed by atoms with van der Waals surface area (Å²) in [5.41, 5.74) is 4.54. The summed E-state index contributed by atoms with van der Waals surface area (Å²) < 4.78 is 5.54. The van der Waals surface area contributed by atoms with Crippen LogP contribution in [0.1, 0.15) is 32.1 Å². The molecule has 0 aliphatic rings. The molecule has 0 aliphatic heterocycles. The minimum atomic E-state index is -0.179. The van der Waals surface area contributed by atoms with Gasteiger partial charge in [-0.1, -0.05) is 41.5 Å². The van der Waals surface area contributed by atoms with Gasteiger partial charge >= 0.3 is 0 Å². The normalized spacial score (nSPS) is 11.4. The van der Waals surface area contributed by atoms with Gasteiger partial charge in [-0.3, -0.25) is 9.59 Å². The summed E-state index contributed by atoms with van der Waals surface area (Å²) >= 11 is 1.36. The molecular formula is C24H19NO3S. The van der Waals surface area contributed by atoms with E-state index in [2.05, 4.69) is 4.98 Å². The van der Waals surface area contributed by atoms with Crippen molar-refractivity contribution in [3.8, 4) is 10.6 Å². The van der Waals surface area contributed by atoms with Crippen molar-refractivity contribution in [3.05, 3.63) is 92.3 Å². The van der Waals surface area contributed by atoms with Crippen LogP contribution in [-0.2, 0) is 0 Å². The highest BCUT2D eigenvalue weighted by molar-refractivity contribution is 7.17. The zero-order valence-corrected chi connectivity index (χ0v) is 17.2. The first-order valence-electron chi connectivity index (χ1n) is 9.21. The van der Waals surface area contributed by atoms with Crippen LogP contribution >= 0.6 is 11.3 Å². The van der Waals surface area contributed by atoms with E-state index in [0.717, 1.165) is 16.1 Å². The highest BCUT2D eigenvalue weighted by Crippen LogP contribution is 2.28. The summed E-state index contributed by atoms with van der Waals surface area (Å²) in [6, 6.07) is 13.5. The maximum Gasteiger partial charge on any atom is 0.199 e. The summed E-state index contributed by atoms with van der Waals surface area (Å²) in [5.74, 6) is -0.179. The van der Waals surface area contributed by atoms with Crippen molar-refractivity contribution >= 4 is 34.2 Å². The average Bonchev–Trinajstić information content (AvgIpc) is 3.10. The van der Waals surface area contributed by atoms with Gasteiger partial charge in [-0.05, 0) is 45.1 Å². The monoisotopic (exact) mass is 401 g/mol. The van der Waals surface area contributed by atoms with Crippen LogP contribution in [0.5, 0.6) is 0 Å². The van der Waals surface area contributed by atoms with Crippen LogP contribution in [0.4, 0.5) is 0 Å². The quantitative estimate of drug-likeness (QED) is 0.323. The average molecular weight is 401 g/mol. The molecule has 0 bridgehead atoms. The van der Waals surface area contributed by atoms with Gasteiger partial charge < -0.3 is 4.42 Å². The Kier molecular flexibility index (Phi) is 4.99. The van der Waals surface area contributed by atoms with Crippen LogP contribution in [0.15, 0.2) is 64.0 Å². The lowest BCUT2D eigenvalue weighted by atomic mass is 10.1. The Hall–Kier alpha value is -3.31. The number of ketones is 1. The summed E-state index contributed by atoms with van der Waals surface area (Å²) in [7, 11) is 0. The highest BCUT2D eigenvalue weighted by atomic mass is 32.1. The minimum Gasteiger partial charge on any atom is -0.463 e. The number of allylic oxidation sites excluding steroid dienone is 1. The van der Waals surface area contributed by atoms with E-state index in [1.807, 2.05) is 51.1 Å². The number of rotatable bonds is 4. The third-order valence-corrected chi connectivity index (χ3v) is 5.91. The highest BCUT2D eigenvalue weighted by Gasteiger charge is 2.14. The number of carbonyl (C=O) groups excluding carboxylic acids is 1. The Morgan fingerprint density at radius 2 is 1.76 bits per heavy atom. The lowest BCUT2D eigenvalue weighted by Crippen LogP contribution is -2.05. The molecule has 0 amide bonds. The van der Waals surface area contributed by atoms with E-state index in [1.165, 1.54) is 35.3 Å². The Morgan fingerprint density at radius 3 is 2.52 bits per heavy atom. The Bertz CT molecular complexity index is 1310. The third-order valence-electron chi connectivity index (χ3n) is 4.69. The minimum absolute atomic E-state index is 0.152. The maximum atomic E-state index is 12.7. The zero-order chi connectivity index (χ0) is 20.5. The number of hydrogen-bond acceptors (Lipinski definition) is 5. The number of nitrogens with zero attached hydrogens (tertiary/aromatic N) is 1. The Labute approximate surface area is 172 Å². The Balaban J connectivity index is 1.64. The number of aryl methyl sites for hydroxylation is 3. The fourth-order valence-electron chi connectivity index (χ4n) is 3.06. The molecule has 29 heavy (non-hydrogen) atoms. The molecule has 0 atom stereocenters. The fraction of sp³-hybridized carbons (Fsp3) is 0.125. The van der Waals surface area contributed by atoms with Gasteiger partial charge in [0.05, 0.1) is 21.5 Å². The summed E-state index contributed by atoms with van der Waals surface area (Å²) in [4.78, 5) is 30.5. The van der Waals surface area contributed by atoms with Crippen LogP contribution in [0.25, 0.3) is 27.6 Å². The first-order chi connectivity index (χ1) is 13.9. The fourth-order valence-corrected chi connectivity index (χ4v) is 4.05. The van der Waals surface area contributed by atoms with Gasteiger partial charge in [-0.25, -0.2) is 4.98 Å². The van der Waals surface area contributed by atoms with Gasteiger partial charge in [0.25, 0.3) is 0 Å². The van der Waals surface area contributed by atoms with Crippen LogP contribution < -0.4 is 5.43 Å². The van der Waals surface area contributed by atoms with E-state index in [9.17, 15) is 9.59 Å². The predicted molar refractivity (Wildman–Crippen MR) is 118 cm³/mol. The number of carbonyl (C=O) groups is 1. The number of benzene rings is 2. The maximum absolute atomic E-state index is 12.7. The molecule has 0 saturated heterocycles. The molecule has 0 unspecified atom stereocenters. The molecule has 0 radical (unpaired) electrons. The van der Waals surface area contributed by atoms with Crippen LogP contribution in [0, 0.1) is 20.8 Å². The van der Waals surface area contributed by atoms with Gasteiger partial charge in [-0.15, -0.1) is 11.3 Å². The molecule has 5 heteroatoms. The molecule has 0 spiro atoms. The van der Waals surface area contributed by atoms with Crippen molar-refractivity contribution in [2.24, 2.45) is 0 Å². The standard InChI is InChI=1S/C24H19NO3S/c1-14-4-7-17(8-5-14)24-25-16(3)23(29-24)20(26)10-9-18-13-28-21-11-6-15(2)12-19(21)22(18)27/h4-13H,1-3H3/b10-9+. The lowest BCUT2D eigenvalue weighted by molar-refractivity contribution is 0.105. The van der Waals surface area contributed by atoms with Gasteiger partial charge in [0.15, 0.2) is 11.2 Å². The second-order valence-electron chi connectivity index (χ2n) is 7.02. The molecule has 0 N–H and O–H groups in total. The first-order valence-corrected chi connectivity index (χ1v) is 10.0. The molecule has 0 aliphatic carbocycles. The van der Waals surface area contributed by atoms with E-state index < -0.39 is 0 Å². The second kappa shape index (κ2) is 7.60. The number of hydrogen-bond donors (Lipinski definition) is 0. The van der Waals surface area contributed by atoms with Crippen molar-refractivity contribution in [1.29, 1.82) is 0 Å². The topological polar surface area (TPSA) is 60.2 Å². The number of aromatic nitrogens is 1. The molecule has 4 aromatic rings. The molecule has 2 aromatic carbocycles. The zero-order valence-electron chi connectivity index (χ0n) is 16.4. The number of thiazole rings is 1. The van der Waals surface area contributed by atoms with Gasteiger partial charge in [0.1, 0.15) is 16.9 Å². The van der Waals surface area contributed by atoms with E-state index in [4.69, 9.17) is 4.42 Å². The van der Waals surface area contributed by atoms with E-state index in [1.54, 1.807) is 12.1 Å². The molecule has 4 nitrogen and oxygen atoms in total. The molecule has 2 aromatic heterocycles. The molecule has 2 heterocycles. The molecule has 4 rings (SSSR count). The van der Waals surface area contributed by atoms with Crippen molar-refractivity contribution in [2.45, 2.75) is 20.8 Å². The van der Waals surface area contributed by atoms with E-state index >= 15 is 0 Å². The lowest BCUT2D eigenvalue weighted by Gasteiger charge is -1.99.